The maximum Gasteiger partial charge on any atom is 0.326 e. The number of hydrogen-bond donors (Lipinski definition) is 2. The van der Waals surface area contributed by atoms with Crippen LogP contribution in [0.1, 0.15) is 28.8 Å². The van der Waals surface area contributed by atoms with Gasteiger partial charge in [0.05, 0.1) is 16.5 Å². The Bertz CT molecular complexity index is 1310. The molecule has 37 heavy (non-hydrogen) atoms. The minimum atomic E-state index is -1.13. The van der Waals surface area contributed by atoms with Gasteiger partial charge in [-0.15, -0.1) is 0 Å². The van der Waals surface area contributed by atoms with Gasteiger partial charge in [-0.3, -0.25) is 9.59 Å². The molecule has 0 unspecified atom stereocenters. The van der Waals surface area contributed by atoms with Crippen molar-refractivity contribution in [2.45, 2.75) is 25.3 Å². The molecule has 0 aromatic heterocycles. The zero-order valence-electron chi connectivity index (χ0n) is 19.8. The van der Waals surface area contributed by atoms with Crippen LogP contribution < -0.4 is 5.32 Å². The molecule has 2 atom stereocenters. The maximum atomic E-state index is 13.0. The van der Waals surface area contributed by atoms with Crippen molar-refractivity contribution in [3.05, 3.63) is 92.9 Å². The Morgan fingerprint density at radius 2 is 1.70 bits per heavy atom. The second-order valence-corrected chi connectivity index (χ2v) is 10.2. The Labute approximate surface area is 230 Å². The summed E-state index contributed by atoms with van der Waals surface area (Å²) >= 11 is 18.4. The van der Waals surface area contributed by atoms with E-state index in [1.807, 2.05) is 30.3 Å². The fourth-order valence-corrected chi connectivity index (χ4v) is 5.18. The number of nitrogens with one attached hydrogen (secondary N) is 1. The van der Waals surface area contributed by atoms with E-state index in [1.54, 1.807) is 41.3 Å². The van der Waals surface area contributed by atoms with Gasteiger partial charge in [0, 0.05) is 35.1 Å². The number of hydrogen-bond acceptors (Lipinski definition) is 3. The van der Waals surface area contributed by atoms with Gasteiger partial charge < -0.3 is 15.3 Å². The van der Waals surface area contributed by atoms with E-state index in [1.165, 1.54) is 0 Å². The molecular formula is C28H25Cl3N2O4. The van der Waals surface area contributed by atoms with Crippen molar-refractivity contribution in [2.24, 2.45) is 5.92 Å². The Balaban J connectivity index is 1.40. The number of piperidine rings is 1. The number of carboxylic acid groups (broad SMARTS) is 1. The molecule has 2 amide bonds. The maximum absolute atomic E-state index is 13.0. The predicted molar refractivity (Wildman–Crippen MR) is 145 cm³/mol. The molecule has 3 aromatic rings. The number of carbonyl (C=O) groups is 3. The lowest BCUT2D eigenvalue weighted by Crippen LogP contribution is -2.50. The number of halogens is 3. The first-order valence-electron chi connectivity index (χ1n) is 11.8. The fourth-order valence-electron chi connectivity index (χ4n) is 4.45. The van der Waals surface area contributed by atoms with Crippen LogP contribution in [0.15, 0.2) is 66.7 Å². The van der Waals surface area contributed by atoms with E-state index in [2.05, 4.69) is 5.32 Å². The number of carboxylic acids is 1. The van der Waals surface area contributed by atoms with Crippen LogP contribution >= 0.6 is 34.8 Å². The van der Waals surface area contributed by atoms with Crippen LogP contribution in [-0.2, 0) is 16.0 Å². The summed E-state index contributed by atoms with van der Waals surface area (Å²) in [6.07, 6.45) is 1.33. The van der Waals surface area contributed by atoms with E-state index in [0.717, 1.165) is 16.7 Å². The fraction of sp³-hybridized carbons (Fsp3) is 0.250. The summed E-state index contributed by atoms with van der Waals surface area (Å²) in [5, 5.41) is 13.9. The quantitative estimate of drug-likeness (QED) is 0.373. The van der Waals surface area contributed by atoms with Gasteiger partial charge in [0.2, 0.25) is 5.91 Å². The SMILES string of the molecule is O=C(N[C@@H](Cc1ccc(-c2ccc(Cl)cc2Cl)cc1)C(=O)O)[C@@H]1CCCN(C(=O)c2ccccc2Cl)C1. The van der Waals surface area contributed by atoms with E-state index in [-0.39, 0.29) is 24.8 Å². The van der Waals surface area contributed by atoms with Gasteiger partial charge >= 0.3 is 5.97 Å². The predicted octanol–water partition coefficient (Wildman–Crippen LogP) is 5.98. The van der Waals surface area contributed by atoms with Gasteiger partial charge in [0.15, 0.2) is 0 Å². The molecule has 1 aliphatic rings. The molecule has 9 heteroatoms. The third-order valence-corrected chi connectivity index (χ3v) is 7.31. The zero-order valence-corrected chi connectivity index (χ0v) is 22.1. The minimum Gasteiger partial charge on any atom is -0.480 e. The van der Waals surface area contributed by atoms with Crippen LogP contribution in [0.4, 0.5) is 0 Å². The molecule has 0 aliphatic carbocycles. The average Bonchev–Trinajstić information content (AvgIpc) is 2.89. The van der Waals surface area contributed by atoms with E-state index in [0.29, 0.717) is 40.0 Å². The van der Waals surface area contributed by atoms with Gasteiger partial charge in [-0.2, -0.15) is 0 Å². The van der Waals surface area contributed by atoms with Crippen molar-refractivity contribution in [1.29, 1.82) is 0 Å². The van der Waals surface area contributed by atoms with Crippen molar-refractivity contribution in [1.82, 2.24) is 10.2 Å². The summed E-state index contributed by atoms with van der Waals surface area (Å²) in [6, 6.07) is 18.3. The molecule has 0 bridgehead atoms. The first-order valence-corrected chi connectivity index (χ1v) is 13.0. The molecule has 1 heterocycles. The molecule has 1 saturated heterocycles. The summed E-state index contributed by atoms with van der Waals surface area (Å²) < 4.78 is 0. The summed E-state index contributed by atoms with van der Waals surface area (Å²) in [5.41, 5.74) is 2.82. The smallest absolute Gasteiger partial charge is 0.326 e. The minimum absolute atomic E-state index is 0.116. The lowest BCUT2D eigenvalue weighted by molar-refractivity contribution is -0.142. The highest BCUT2D eigenvalue weighted by molar-refractivity contribution is 6.36. The molecule has 4 rings (SSSR count). The first kappa shape index (κ1) is 27.0. The number of aliphatic carboxylic acids is 1. The second-order valence-electron chi connectivity index (χ2n) is 8.99. The molecule has 3 aromatic carbocycles. The van der Waals surface area contributed by atoms with Crippen molar-refractivity contribution in [2.75, 3.05) is 13.1 Å². The summed E-state index contributed by atoms with van der Waals surface area (Å²) in [4.78, 5) is 39.5. The van der Waals surface area contributed by atoms with E-state index >= 15 is 0 Å². The van der Waals surface area contributed by atoms with Gasteiger partial charge in [-0.25, -0.2) is 4.79 Å². The first-order chi connectivity index (χ1) is 17.7. The Morgan fingerprint density at radius 3 is 2.38 bits per heavy atom. The Morgan fingerprint density at radius 1 is 0.973 bits per heavy atom. The topological polar surface area (TPSA) is 86.7 Å². The monoisotopic (exact) mass is 558 g/mol. The average molecular weight is 560 g/mol. The van der Waals surface area contributed by atoms with E-state index in [9.17, 15) is 19.5 Å². The Kier molecular flexibility index (Phi) is 8.75. The van der Waals surface area contributed by atoms with Gasteiger partial charge in [-0.05, 0) is 48.2 Å². The van der Waals surface area contributed by atoms with E-state index < -0.39 is 17.9 Å². The van der Waals surface area contributed by atoms with Gasteiger partial charge in [0.25, 0.3) is 5.91 Å². The van der Waals surface area contributed by atoms with Crippen LogP contribution in [-0.4, -0.2) is 46.9 Å². The molecule has 0 radical (unpaired) electrons. The number of nitrogens with zero attached hydrogens (tertiary/aromatic N) is 1. The van der Waals surface area contributed by atoms with E-state index in [4.69, 9.17) is 34.8 Å². The second kappa shape index (κ2) is 12.0. The normalized spacial score (nSPS) is 16.2. The lowest BCUT2D eigenvalue weighted by atomic mass is 9.95. The number of benzene rings is 3. The van der Waals surface area contributed by atoms with Gasteiger partial charge in [0.1, 0.15) is 6.04 Å². The van der Waals surface area contributed by atoms with Crippen molar-refractivity contribution < 1.29 is 19.5 Å². The number of rotatable bonds is 7. The van der Waals surface area contributed by atoms with Crippen molar-refractivity contribution >= 4 is 52.6 Å². The molecule has 192 valence electrons. The highest BCUT2D eigenvalue weighted by Crippen LogP contribution is 2.30. The van der Waals surface area contributed by atoms with Gasteiger partial charge in [-0.1, -0.05) is 77.3 Å². The third-order valence-electron chi connectivity index (χ3n) is 6.43. The molecule has 1 fully saturated rings. The molecular weight excluding hydrogens is 535 g/mol. The summed E-state index contributed by atoms with van der Waals surface area (Å²) in [7, 11) is 0. The van der Waals surface area contributed by atoms with Crippen LogP contribution in [0.3, 0.4) is 0 Å². The number of carbonyl (C=O) groups excluding carboxylic acids is 2. The highest BCUT2D eigenvalue weighted by atomic mass is 35.5. The number of amides is 2. The molecule has 0 spiro atoms. The standard InChI is InChI=1S/C28H25Cl3N2O4/c29-20-11-12-21(24(31)15-20)18-9-7-17(8-10-18)14-25(28(36)37)32-26(34)19-4-3-13-33(16-19)27(35)22-5-1-2-6-23(22)30/h1-2,5-12,15,19,25H,3-4,13-14,16H2,(H,32,34)(H,36,37)/t19-,25+/m1/s1. The molecule has 1 aliphatic heterocycles. The van der Waals surface area contributed by atoms with Crippen LogP contribution in [0.5, 0.6) is 0 Å². The highest BCUT2D eigenvalue weighted by Gasteiger charge is 2.32. The van der Waals surface area contributed by atoms with Crippen molar-refractivity contribution in [3.63, 3.8) is 0 Å². The van der Waals surface area contributed by atoms with Crippen molar-refractivity contribution in [3.8, 4) is 11.1 Å². The third kappa shape index (κ3) is 6.63. The molecule has 2 N–H and O–H groups in total. The largest absolute Gasteiger partial charge is 0.480 e. The Hall–Kier alpha value is -3.06. The molecule has 6 nitrogen and oxygen atoms in total. The van der Waals surface area contributed by atoms with Crippen LogP contribution in [0, 0.1) is 5.92 Å². The number of likely N-dealkylation sites (tertiary alicyclic amines) is 1. The zero-order chi connectivity index (χ0) is 26.5. The summed E-state index contributed by atoms with van der Waals surface area (Å²) in [5.74, 6) is -2.25. The molecule has 0 saturated carbocycles. The summed E-state index contributed by atoms with van der Waals surface area (Å²) in [6.45, 7) is 0.721. The van der Waals surface area contributed by atoms with Crippen LogP contribution in [0.25, 0.3) is 11.1 Å². The van der Waals surface area contributed by atoms with Crippen LogP contribution in [0.2, 0.25) is 15.1 Å². The lowest BCUT2D eigenvalue weighted by Gasteiger charge is -2.33.